The van der Waals surface area contributed by atoms with Crippen molar-refractivity contribution in [1.29, 1.82) is 0 Å². The molecule has 0 radical (unpaired) electrons. The van der Waals surface area contributed by atoms with Crippen LogP contribution in [0.2, 0.25) is 0 Å². The van der Waals surface area contributed by atoms with Crippen LogP contribution in [0, 0.1) is 0 Å². The van der Waals surface area contributed by atoms with Crippen LogP contribution in [0.1, 0.15) is 29.7 Å². The Morgan fingerprint density at radius 1 is 0.292 bits per heavy atom. The SMILES string of the molecule is C.C.C.C.O=P(O)(O)O.O=P(O)(O)O.O=P(O)(O)O.O=P(O)(O)O. The van der Waals surface area contributed by atoms with Gasteiger partial charge in [-0.25, -0.2) is 18.3 Å². The van der Waals surface area contributed by atoms with Gasteiger partial charge < -0.3 is 58.7 Å². The fourth-order valence-corrected chi connectivity index (χ4v) is 0. The van der Waals surface area contributed by atoms with Crippen molar-refractivity contribution in [3.05, 3.63) is 0 Å². The largest absolute Gasteiger partial charge is 0.466 e. The molecule has 0 amide bonds. The van der Waals surface area contributed by atoms with Crippen molar-refractivity contribution < 1.29 is 77.0 Å². The molecular weight excluding hydrogens is 428 g/mol. The summed E-state index contributed by atoms with van der Waals surface area (Å²) in [6.07, 6.45) is 0. The Morgan fingerprint density at radius 2 is 0.292 bits per heavy atom. The average molecular weight is 456 g/mol. The van der Waals surface area contributed by atoms with E-state index < -0.39 is 31.3 Å². The maximum Gasteiger partial charge on any atom is 0.466 e. The molecule has 0 saturated heterocycles. The van der Waals surface area contributed by atoms with Crippen LogP contribution in [0.25, 0.3) is 0 Å². The highest BCUT2D eigenvalue weighted by Gasteiger charge is 2.01. The number of phosphoric acid groups is 4. The zero-order valence-corrected chi connectivity index (χ0v) is 12.4. The third kappa shape index (κ3) is 53300. The standard InChI is InChI=1S/4CH4.4H3O4P/c;;;;4*1-5(2,3)4/h4*1H4;4*(H3,1,2,3,4). The fraction of sp³-hybridized carbons (Fsp3) is 1.00. The molecule has 0 heterocycles. The maximum absolute atomic E-state index is 8.88. The third-order valence-electron chi connectivity index (χ3n) is 0. The first-order chi connectivity index (χ1) is 8.00. The van der Waals surface area contributed by atoms with Crippen LogP contribution in [0.4, 0.5) is 0 Å². The third-order valence-corrected chi connectivity index (χ3v) is 0. The van der Waals surface area contributed by atoms with Gasteiger partial charge >= 0.3 is 31.3 Å². The Bertz CT molecular complexity index is 295. The smallest absolute Gasteiger partial charge is 0.303 e. The highest BCUT2D eigenvalue weighted by atomic mass is 31.2. The summed E-state index contributed by atoms with van der Waals surface area (Å²) in [4.78, 5) is 86.2. The van der Waals surface area contributed by atoms with Crippen LogP contribution in [-0.2, 0) is 18.3 Å². The summed E-state index contributed by atoms with van der Waals surface area (Å²) in [5, 5.41) is 0. The monoisotopic (exact) mass is 456 g/mol. The van der Waals surface area contributed by atoms with Gasteiger partial charge in [0.15, 0.2) is 0 Å². The van der Waals surface area contributed by atoms with E-state index in [-0.39, 0.29) is 29.7 Å². The van der Waals surface area contributed by atoms with Crippen LogP contribution < -0.4 is 0 Å². The van der Waals surface area contributed by atoms with E-state index in [0.29, 0.717) is 0 Å². The predicted molar refractivity (Wildman–Crippen MR) is 84.0 cm³/mol. The van der Waals surface area contributed by atoms with E-state index in [0.717, 1.165) is 0 Å². The van der Waals surface area contributed by atoms with Gasteiger partial charge in [0.2, 0.25) is 0 Å². The molecule has 24 heavy (non-hydrogen) atoms. The summed E-state index contributed by atoms with van der Waals surface area (Å²) in [5.74, 6) is 0. The lowest BCUT2D eigenvalue weighted by Gasteiger charge is -1.82. The van der Waals surface area contributed by atoms with Gasteiger partial charge in [-0.05, 0) is 0 Å². The molecule has 20 heteroatoms. The second-order valence-corrected chi connectivity index (χ2v) is 6.16. The van der Waals surface area contributed by atoms with Crippen LogP contribution >= 0.6 is 31.3 Å². The Balaban J connectivity index is -0.0000000225. The Hall–Kier alpha value is 0.440. The predicted octanol–water partition coefficient (Wildman–Crippen LogP) is -1.17. The zero-order valence-electron chi connectivity index (χ0n) is 8.79. The first kappa shape index (κ1) is 49.7. The molecule has 0 aromatic carbocycles. The zero-order chi connectivity index (χ0) is 18.0. The van der Waals surface area contributed by atoms with Gasteiger partial charge in [-0.15, -0.1) is 0 Å². The quantitative estimate of drug-likeness (QED) is 0.191. The van der Waals surface area contributed by atoms with Crippen molar-refractivity contribution in [2.75, 3.05) is 0 Å². The average Bonchev–Trinajstić information content (AvgIpc) is 1.62. The van der Waals surface area contributed by atoms with Gasteiger partial charge in [-0.2, -0.15) is 0 Å². The molecule has 0 unspecified atom stereocenters. The first-order valence-electron chi connectivity index (χ1n) is 3.13. The summed E-state index contributed by atoms with van der Waals surface area (Å²) >= 11 is 0. The lowest BCUT2D eigenvalue weighted by atomic mass is 12.0. The molecule has 0 aliphatic heterocycles. The van der Waals surface area contributed by atoms with Gasteiger partial charge in [0.05, 0.1) is 0 Å². The van der Waals surface area contributed by atoms with Crippen molar-refractivity contribution in [3.8, 4) is 0 Å². The van der Waals surface area contributed by atoms with Crippen LogP contribution in [-0.4, -0.2) is 58.7 Å². The lowest BCUT2D eigenvalue weighted by Crippen LogP contribution is -1.66. The van der Waals surface area contributed by atoms with E-state index in [4.69, 9.17) is 77.0 Å². The minimum Gasteiger partial charge on any atom is -0.303 e. The van der Waals surface area contributed by atoms with Crippen molar-refractivity contribution >= 4 is 31.3 Å². The molecule has 16 nitrogen and oxygen atoms in total. The van der Waals surface area contributed by atoms with Gasteiger partial charge in [0.1, 0.15) is 0 Å². The molecule has 0 saturated carbocycles. The van der Waals surface area contributed by atoms with Crippen molar-refractivity contribution in [3.63, 3.8) is 0 Å². The highest BCUT2D eigenvalue weighted by Crippen LogP contribution is 2.27. The summed E-state index contributed by atoms with van der Waals surface area (Å²) < 4.78 is 35.5. The van der Waals surface area contributed by atoms with Crippen LogP contribution in [0.3, 0.4) is 0 Å². The normalized spacial score (nSPS) is 9.83. The molecule has 0 aromatic heterocycles. The molecule has 0 aromatic rings. The maximum atomic E-state index is 8.88. The minimum absolute atomic E-state index is 0. The minimum atomic E-state index is -4.64. The molecule has 0 atom stereocenters. The molecule has 0 bridgehead atoms. The van der Waals surface area contributed by atoms with E-state index >= 15 is 0 Å². The Kier molecular flexibility index (Phi) is 40.9. The van der Waals surface area contributed by atoms with E-state index in [1.807, 2.05) is 0 Å². The Morgan fingerprint density at radius 3 is 0.292 bits per heavy atom. The number of hydrogen-bond donors (Lipinski definition) is 12. The number of hydrogen-bond acceptors (Lipinski definition) is 4. The number of rotatable bonds is 0. The van der Waals surface area contributed by atoms with Gasteiger partial charge in [0.25, 0.3) is 0 Å². The molecule has 0 fully saturated rings. The fourth-order valence-electron chi connectivity index (χ4n) is 0. The molecule has 0 rings (SSSR count). The second kappa shape index (κ2) is 19.8. The van der Waals surface area contributed by atoms with Gasteiger partial charge in [-0.1, -0.05) is 29.7 Å². The molecule has 12 N–H and O–H groups in total. The molecule has 0 spiro atoms. The van der Waals surface area contributed by atoms with Crippen molar-refractivity contribution in [2.45, 2.75) is 29.7 Å². The van der Waals surface area contributed by atoms with Crippen LogP contribution in [0.5, 0.6) is 0 Å². The van der Waals surface area contributed by atoms with Crippen LogP contribution in [0.15, 0.2) is 0 Å². The topological polar surface area (TPSA) is 311 Å². The van der Waals surface area contributed by atoms with E-state index in [1.54, 1.807) is 0 Å². The van der Waals surface area contributed by atoms with Gasteiger partial charge in [0, 0.05) is 0 Å². The van der Waals surface area contributed by atoms with E-state index in [1.165, 1.54) is 0 Å². The second-order valence-electron chi connectivity index (χ2n) is 2.05. The molecule has 160 valence electrons. The first-order valence-corrected chi connectivity index (χ1v) is 9.39. The summed E-state index contributed by atoms with van der Waals surface area (Å²) in [5.41, 5.74) is 0. The summed E-state index contributed by atoms with van der Waals surface area (Å²) in [6.45, 7) is 0. The van der Waals surface area contributed by atoms with Crippen molar-refractivity contribution in [2.24, 2.45) is 0 Å². The lowest BCUT2D eigenvalue weighted by molar-refractivity contribution is 0.272. The summed E-state index contributed by atoms with van der Waals surface area (Å²) in [7, 11) is -18.6. The molecule has 0 aliphatic carbocycles. The molecular formula is C4H28O16P4. The summed E-state index contributed by atoms with van der Waals surface area (Å²) in [6, 6.07) is 0. The highest BCUT2D eigenvalue weighted by molar-refractivity contribution is 7.45. The Labute approximate surface area is 139 Å². The van der Waals surface area contributed by atoms with E-state index in [9.17, 15) is 0 Å². The molecule has 0 aliphatic rings. The van der Waals surface area contributed by atoms with Crippen molar-refractivity contribution in [1.82, 2.24) is 0 Å². The van der Waals surface area contributed by atoms with E-state index in [2.05, 4.69) is 0 Å². The van der Waals surface area contributed by atoms with Gasteiger partial charge in [-0.3, -0.25) is 0 Å².